The molecule has 0 saturated heterocycles. The number of amides is 1. The molecule has 1 N–H and O–H groups in total. The molecular formula is C14H14ClNO4. The van der Waals surface area contributed by atoms with Crippen LogP contribution in [0.2, 0.25) is 5.02 Å². The van der Waals surface area contributed by atoms with Crippen molar-refractivity contribution in [1.29, 1.82) is 0 Å². The number of esters is 1. The average molecular weight is 296 g/mol. The summed E-state index contributed by atoms with van der Waals surface area (Å²) in [7, 11) is 1.52. The zero-order chi connectivity index (χ0) is 14.9. The summed E-state index contributed by atoms with van der Waals surface area (Å²) in [5.41, 5.74) is 0.638. The van der Waals surface area contributed by atoms with E-state index in [-0.39, 0.29) is 12.2 Å². The summed E-state index contributed by atoms with van der Waals surface area (Å²) >= 11 is 5.83. The molecule has 0 aromatic heterocycles. The van der Waals surface area contributed by atoms with Crippen molar-refractivity contribution in [3.8, 4) is 0 Å². The number of aliphatic hydroxyl groups excluding tert-OH is 1. The summed E-state index contributed by atoms with van der Waals surface area (Å²) in [6.45, 7) is 1.83. The lowest BCUT2D eigenvalue weighted by Gasteiger charge is -2.22. The summed E-state index contributed by atoms with van der Waals surface area (Å²) < 4.78 is 4.91. The molecule has 0 bridgehead atoms. The maximum absolute atomic E-state index is 12.0. The molecule has 1 heterocycles. The zero-order valence-corrected chi connectivity index (χ0v) is 11.8. The van der Waals surface area contributed by atoms with E-state index < -0.39 is 23.7 Å². The number of carbonyl (C=O) groups is 2. The molecule has 0 fully saturated rings. The first kappa shape index (κ1) is 14.4. The Morgan fingerprint density at radius 2 is 2.00 bits per heavy atom. The van der Waals surface area contributed by atoms with E-state index in [1.54, 1.807) is 31.2 Å². The summed E-state index contributed by atoms with van der Waals surface area (Å²) in [5, 5.41) is 10.4. The lowest BCUT2D eigenvalue weighted by Crippen LogP contribution is -2.27. The predicted molar refractivity (Wildman–Crippen MR) is 73.3 cm³/mol. The van der Waals surface area contributed by atoms with Gasteiger partial charge in [-0.1, -0.05) is 23.7 Å². The quantitative estimate of drug-likeness (QED) is 0.868. The molecule has 0 aliphatic carbocycles. The highest BCUT2D eigenvalue weighted by Gasteiger charge is 2.42. The number of rotatable bonds is 3. The van der Waals surface area contributed by atoms with Crippen LogP contribution in [0, 0.1) is 0 Å². The molecule has 106 valence electrons. The molecule has 1 atom stereocenters. The number of nitrogens with zero attached hydrogens (tertiary/aromatic N) is 1. The van der Waals surface area contributed by atoms with Gasteiger partial charge in [-0.3, -0.25) is 4.79 Å². The third kappa shape index (κ3) is 2.36. The SMILES string of the molecule is CCOC(=O)C1=C(O)C(=O)N(C)C1c1ccc(Cl)cc1. The van der Waals surface area contributed by atoms with E-state index in [1.165, 1.54) is 11.9 Å². The highest BCUT2D eigenvalue weighted by atomic mass is 35.5. The first-order chi connectivity index (χ1) is 9.47. The van der Waals surface area contributed by atoms with Gasteiger partial charge in [0, 0.05) is 12.1 Å². The van der Waals surface area contributed by atoms with E-state index >= 15 is 0 Å². The van der Waals surface area contributed by atoms with Gasteiger partial charge >= 0.3 is 5.97 Å². The fourth-order valence-electron chi connectivity index (χ4n) is 2.18. The second-order valence-corrected chi connectivity index (χ2v) is 4.79. The van der Waals surface area contributed by atoms with Crippen LogP contribution in [0.3, 0.4) is 0 Å². The van der Waals surface area contributed by atoms with Gasteiger partial charge in [-0.25, -0.2) is 4.79 Å². The normalized spacial score (nSPS) is 18.6. The topological polar surface area (TPSA) is 66.8 Å². The van der Waals surface area contributed by atoms with Crippen molar-refractivity contribution in [3.05, 3.63) is 46.2 Å². The Labute approximate surface area is 121 Å². The molecule has 1 aromatic rings. The number of benzene rings is 1. The molecule has 1 aliphatic rings. The Kier molecular flexibility index (Phi) is 3.99. The minimum absolute atomic E-state index is 0.0401. The molecule has 20 heavy (non-hydrogen) atoms. The minimum Gasteiger partial charge on any atom is -0.503 e. The molecule has 2 rings (SSSR count). The van der Waals surface area contributed by atoms with Crippen LogP contribution in [0.1, 0.15) is 18.5 Å². The highest BCUT2D eigenvalue weighted by Crippen LogP contribution is 2.36. The van der Waals surface area contributed by atoms with Crippen molar-refractivity contribution < 1.29 is 19.4 Å². The molecule has 0 spiro atoms. The second-order valence-electron chi connectivity index (χ2n) is 4.35. The number of aliphatic hydroxyl groups is 1. The van der Waals surface area contributed by atoms with Crippen LogP contribution in [0.4, 0.5) is 0 Å². The van der Waals surface area contributed by atoms with Crippen LogP contribution < -0.4 is 0 Å². The number of ether oxygens (including phenoxy) is 1. The van der Waals surface area contributed by atoms with Gasteiger partial charge in [0.15, 0.2) is 5.76 Å². The second kappa shape index (κ2) is 5.54. The van der Waals surface area contributed by atoms with Gasteiger partial charge in [0.05, 0.1) is 12.6 Å². The van der Waals surface area contributed by atoms with Crippen LogP contribution in [0.25, 0.3) is 0 Å². The average Bonchev–Trinajstić information content (AvgIpc) is 2.64. The Bertz CT molecular complexity index is 579. The fraction of sp³-hybridized carbons (Fsp3) is 0.286. The van der Waals surface area contributed by atoms with Crippen LogP contribution in [-0.4, -0.2) is 35.5 Å². The number of carbonyl (C=O) groups excluding carboxylic acids is 2. The molecule has 1 aromatic carbocycles. The van der Waals surface area contributed by atoms with E-state index in [9.17, 15) is 14.7 Å². The lowest BCUT2D eigenvalue weighted by molar-refractivity contribution is -0.139. The first-order valence-electron chi connectivity index (χ1n) is 6.10. The van der Waals surface area contributed by atoms with Crippen molar-refractivity contribution in [2.24, 2.45) is 0 Å². The van der Waals surface area contributed by atoms with Gasteiger partial charge < -0.3 is 14.7 Å². The van der Waals surface area contributed by atoms with Crippen molar-refractivity contribution in [2.75, 3.05) is 13.7 Å². The van der Waals surface area contributed by atoms with E-state index in [2.05, 4.69) is 0 Å². The molecule has 1 unspecified atom stereocenters. The van der Waals surface area contributed by atoms with Gasteiger partial charge in [-0.2, -0.15) is 0 Å². The van der Waals surface area contributed by atoms with Gasteiger partial charge in [0.1, 0.15) is 5.57 Å². The monoisotopic (exact) mass is 295 g/mol. The summed E-state index contributed by atoms with van der Waals surface area (Å²) in [4.78, 5) is 25.1. The fourth-order valence-corrected chi connectivity index (χ4v) is 2.30. The van der Waals surface area contributed by atoms with Gasteiger partial charge in [0.25, 0.3) is 5.91 Å². The number of likely N-dealkylation sites (N-methyl/N-ethyl adjacent to an activating group) is 1. The third-order valence-electron chi connectivity index (χ3n) is 3.12. The van der Waals surface area contributed by atoms with Crippen molar-refractivity contribution in [2.45, 2.75) is 13.0 Å². The zero-order valence-electron chi connectivity index (χ0n) is 11.1. The van der Waals surface area contributed by atoms with Gasteiger partial charge in [-0.15, -0.1) is 0 Å². The summed E-state index contributed by atoms with van der Waals surface area (Å²) in [5.74, 6) is -1.86. The molecule has 1 amide bonds. The van der Waals surface area contributed by atoms with Gasteiger partial charge in [-0.05, 0) is 24.6 Å². The Balaban J connectivity index is 2.46. The third-order valence-corrected chi connectivity index (χ3v) is 3.37. The lowest BCUT2D eigenvalue weighted by atomic mass is 10.00. The van der Waals surface area contributed by atoms with Crippen molar-refractivity contribution in [1.82, 2.24) is 4.90 Å². The van der Waals surface area contributed by atoms with Crippen LogP contribution >= 0.6 is 11.6 Å². The maximum atomic E-state index is 12.0. The Morgan fingerprint density at radius 3 is 2.55 bits per heavy atom. The summed E-state index contributed by atoms with van der Waals surface area (Å²) in [6.07, 6.45) is 0. The van der Waals surface area contributed by atoms with Gasteiger partial charge in [0.2, 0.25) is 0 Å². The minimum atomic E-state index is -0.692. The predicted octanol–water partition coefficient (Wildman–Crippen LogP) is 2.23. The molecule has 5 nitrogen and oxygen atoms in total. The van der Waals surface area contributed by atoms with E-state index in [4.69, 9.17) is 16.3 Å². The molecule has 0 saturated carbocycles. The molecule has 6 heteroatoms. The van der Waals surface area contributed by atoms with E-state index in [1.807, 2.05) is 0 Å². The maximum Gasteiger partial charge on any atom is 0.340 e. The Hall–Kier alpha value is -2.01. The molecular weight excluding hydrogens is 282 g/mol. The van der Waals surface area contributed by atoms with E-state index in [0.29, 0.717) is 10.6 Å². The number of hydrogen-bond donors (Lipinski definition) is 1. The van der Waals surface area contributed by atoms with Crippen molar-refractivity contribution >= 4 is 23.5 Å². The number of halogens is 1. The smallest absolute Gasteiger partial charge is 0.340 e. The van der Waals surface area contributed by atoms with Crippen LogP contribution in [0.15, 0.2) is 35.6 Å². The van der Waals surface area contributed by atoms with Crippen LogP contribution in [-0.2, 0) is 14.3 Å². The standard InChI is InChI=1S/C14H14ClNO4/c1-3-20-14(19)10-11(16(2)13(18)12(10)17)8-4-6-9(15)7-5-8/h4-7,11,17H,3H2,1-2H3. The summed E-state index contributed by atoms with van der Waals surface area (Å²) in [6, 6.07) is 6.06. The van der Waals surface area contributed by atoms with E-state index in [0.717, 1.165) is 0 Å². The van der Waals surface area contributed by atoms with Crippen molar-refractivity contribution in [3.63, 3.8) is 0 Å². The Morgan fingerprint density at radius 1 is 1.40 bits per heavy atom. The number of hydrogen-bond acceptors (Lipinski definition) is 4. The molecule has 1 aliphatic heterocycles. The molecule has 0 radical (unpaired) electrons. The largest absolute Gasteiger partial charge is 0.503 e. The highest BCUT2D eigenvalue weighted by molar-refractivity contribution is 6.30. The first-order valence-corrected chi connectivity index (χ1v) is 6.48. The van der Waals surface area contributed by atoms with Crippen LogP contribution in [0.5, 0.6) is 0 Å².